The molecule has 0 radical (unpaired) electrons. The summed E-state index contributed by atoms with van der Waals surface area (Å²) in [5.41, 5.74) is 2.39. The van der Waals surface area contributed by atoms with Gasteiger partial charge in [0.1, 0.15) is 6.10 Å². The van der Waals surface area contributed by atoms with Crippen molar-refractivity contribution in [2.45, 2.75) is 51.4 Å². The van der Waals surface area contributed by atoms with Crippen LogP contribution in [0.4, 0.5) is 8.78 Å². The third kappa shape index (κ3) is 8.79. The molecule has 7 nitrogen and oxygen atoms in total. The van der Waals surface area contributed by atoms with Crippen LogP contribution in [-0.4, -0.2) is 53.9 Å². The van der Waals surface area contributed by atoms with E-state index in [1.807, 2.05) is 18.2 Å². The van der Waals surface area contributed by atoms with Crippen LogP contribution in [-0.2, 0) is 17.7 Å². The minimum Gasteiger partial charge on any atom is -0.489 e. The summed E-state index contributed by atoms with van der Waals surface area (Å²) in [6.45, 7) is 0.00336. The highest BCUT2D eigenvalue weighted by atomic mass is 35.5. The highest BCUT2D eigenvalue weighted by Crippen LogP contribution is 2.38. The molecule has 1 saturated carbocycles. The summed E-state index contributed by atoms with van der Waals surface area (Å²) in [5.74, 6) is 0.206. The Bertz CT molecular complexity index is 1380. The number of likely N-dealkylation sites (tertiary alicyclic amines) is 1. The number of carbonyl (C=O) groups excluding carboxylic acids is 1. The van der Waals surface area contributed by atoms with Gasteiger partial charge in [0, 0.05) is 32.0 Å². The minimum absolute atomic E-state index is 0.0971. The molecular formula is C32H34Cl2F2N2O5. The van der Waals surface area contributed by atoms with Crippen molar-refractivity contribution in [3.63, 3.8) is 0 Å². The van der Waals surface area contributed by atoms with E-state index in [-0.39, 0.29) is 24.5 Å². The summed E-state index contributed by atoms with van der Waals surface area (Å²) >= 11 is 12.8. The Hall–Kier alpha value is -2.98. The molecule has 2 fully saturated rings. The Balaban J connectivity index is 1.39. The Labute approximate surface area is 259 Å². The topological polar surface area (TPSA) is 81.1 Å². The van der Waals surface area contributed by atoms with E-state index < -0.39 is 18.7 Å². The summed E-state index contributed by atoms with van der Waals surface area (Å²) in [4.78, 5) is 19.8. The number of pyridine rings is 1. The van der Waals surface area contributed by atoms with Crippen molar-refractivity contribution in [2.24, 2.45) is 11.8 Å². The number of piperidine rings is 1. The third-order valence-electron chi connectivity index (χ3n) is 7.85. The molecular weight excluding hydrogens is 601 g/mol. The Morgan fingerprint density at radius 1 is 1.00 bits per heavy atom. The van der Waals surface area contributed by atoms with Gasteiger partial charge in [-0.2, -0.15) is 8.78 Å². The molecule has 43 heavy (non-hydrogen) atoms. The van der Waals surface area contributed by atoms with Crippen molar-refractivity contribution < 1.29 is 32.9 Å². The van der Waals surface area contributed by atoms with Gasteiger partial charge in [0.05, 0.1) is 22.2 Å². The summed E-state index contributed by atoms with van der Waals surface area (Å²) in [6, 6.07) is 11.8. The molecule has 1 aliphatic carbocycles. The average Bonchev–Trinajstić information content (AvgIpc) is 3.83. The quantitative estimate of drug-likeness (QED) is 0.200. The van der Waals surface area contributed by atoms with Crippen LogP contribution >= 0.6 is 23.2 Å². The Kier molecular flexibility index (Phi) is 10.7. The van der Waals surface area contributed by atoms with Crippen LogP contribution < -0.4 is 9.47 Å². The van der Waals surface area contributed by atoms with Gasteiger partial charge in [-0.15, -0.1) is 0 Å². The molecule has 1 atom stereocenters. The fourth-order valence-electron chi connectivity index (χ4n) is 5.15. The lowest BCUT2D eigenvalue weighted by atomic mass is 9.97. The van der Waals surface area contributed by atoms with Gasteiger partial charge >= 0.3 is 12.6 Å². The maximum absolute atomic E-state index is 13.5. The zero-order chi connectivity index (χ0) is 30.3. The van der Waals surface area contributed by atoms with E-state index in [0.717, 1.165) is 44.3 Å². The smallest absolute Gasteiger partial charge is 0.387 e. The van der Waals surface area contributed by atoms with Gasteiger partial charge in [0.25, 0.3) is 0 Å². The van der Waals surface area contributed by atoms with E-state index in [9.17, 15) is 18.7 Å². The molecule has 3 aromatic rings. The van der Waals surface area contributed by atoms with Gasteiger partial charge < -0.3 is 19.3 Å². The molecule has 1 saturated heterocycles. The van der Waals surface area contributed by atoms with Gasteiger partial charge in [-0.1, -0.05) is 41.4 Å². The molecule has 0 unspecified atom stereocenters. The molecule has 5 rings (SSSR count). The first-order chi connectivity index (χ1) is 20.8. The zero-order valence-corrected chi connectivity index (χ0v) is 25.1. The molecule has 230 valence electrons. The van der Waals surface area contributed by atoms with E-state index in [0.29, 0.717) is 51.7 Å². The van der Waals surface area contributed by atoms with Crippen molar-refractivity contribution in [3.05, 3.63) is 87.2 Å². The molecule has 2 heterocycles. The molecule has 2 aromatic carbocycles. The summed E-state index contributed by atoms with van der Waals surface area (Å²) in [6.07, 6.45) is 6.06. The Morgan fingerprint density at radius 2 is 1.74 bits per heavy atom. The van der Waals surface area contributed by atoms with E-state index >= 15 is 0 Å². The monoisotopic (exact) mass is 634 g/mol. The maximum Gasteiger partial charge on any atom is 0.387 e. The van der Waals surface area contributed by atoms with Crippen molar-refractivity contribution in [1.29, 1.82) is 0 Å². The highest BCUT2D eigenvalue weighted by Gasteiger charge is 2.26. The number of esters is 1. The second kappa shape index (κ2) is 14.7. The molecule has 2 aliphatic rings. The standard InChI is InChI=1S/C32H34Cl2F2N2O5/c33-26-15-37-16-27(34)25(26)14-29(23-6-7-28(43-32(35)36)30(13-23)41-19-21-4-5-21)42-31(40)24-3-1-2-22(12-24)17-38-10-8-20(18-39)9-11-38/h1-3,6-7,12-13,15-16,20-21,29,32,39H,4-5,8-11,14,17-19H2/t29-/m0/s1. The first-order valence-corrected chi connectivity index (χ1v) is 15.2. The summed E-state index contributed by atoms with van der Waals surface area (Å²) < 4.78 is 42.9. The highest BCUT2D eigenvalue weighted by molar-refractivity contribution is 6.35. The number of carbonyl (C=O) groups is 1. The fraction of sp³-hybridized carbons (Fsp3) is 0.438. The van der Waals surface area contributed by atoms with Crippen molar-refractivity contribution in [3.8, 4) is 11.5 Å². The van der Waals surface area contributed by atoms with Gasteiger partial charge in [0.15, 0.2) is 11.5 Å². The first-order valence-electron chi connectivity index (χ1n) is 14.4. The number of aromatic nitrogens is 1. The molecule has 0 bridgehead atoms. The molecule has 1 N–H and O–H groups in total. The lowest BCUT2D eigenvalue weighted by Crippen LogP contribution is -2.34. The van der Waals surface area contributed by atoms with E-state index in [4.69, 9.17) is 37.4 Å². The van der Waals surface area contributed by atoms with Gasteiger partial charge in [-0.05, 0) is 91.6 Å². The summed E-state index contributed by atoms with van der Waals surface area (Å²) in [5, 5.41) is 10.0. The van der Waals surface area contributed by atoms with E-state index in [1.165, 1.54) is 18.5 Å². The number of hydrogen-bond acceptors (Lipinski definition) is 7. The molecule has 0 spiro atoms. The van der Waals surface area contributed by atoms with Crippen LogP contribution in [0.2, 0.25) is 10.0 Å². The molecule has 1 aliphatic heterocycles. The minimum atomic E-state index is -3.02. The lowest BCUT2D eigenvalue weighted by molar-refractivity contribution is -0.0515. The third-order valence-corrected chi connectivity index (χ3v) is 8.50. The number of nitrogens with zero attached hydrogens (tertiary/aromatic N) is 2. The number of alkyl halides is 2. The Morgan fingerprint density at radius 3 is 2.42 bits per heavy atom. The average molecular weight is 636 g/mol. The van der Waals surface area contributed by atoms with Crippen LogP contribution in [0.5, 0.6) is 11.5 Å². The number of halogens is 4. The second-order valence-electron chi connectivity index (χ2n) is 11.1. The van der Waals surface area contributed by atoms with Crippen LogP contribution in [0.1, 0.15) is 58.8 Å². The molecule has 11 heteroatoms. The fourth-order valence-corrected chi connectivity index (χ4v) is 5.67. The largest absolute Gasteiger partial charge is 0.489 e. The van der Waals surface area contributed by atoms with Crippen LogP contribution in [0.15, 0.2) is 54.9 Å². The van der Waals surface area contributed by atoms with E-state index in [1.54, 1.807) is 18.2 Å². The summed E-state index contributed by atoms with van der Waals surface area (Å²) in [7, 11) is 0. The van der Waals surface area contributed by atoms with Gasteiger partial charge in [0.2, 0.25) is 0 Å². The predicted octanol–water partition coefficient (Wildman–Crippen LogP) is 7.12. The molecule has 1 aromatic heterocycles. The number of rotatable bonds is 13. The van der Waals surface area contributed by atoms with Crippen LogP contribution in [0.25, 0.3) is 0 Å². The SMILES string of the molecule is O=C(O[C@@H](Cc1c(Cl)cncc1Cl)c1ccc(OC(F)F)c(OCC2CC2)c1)c1cccc(CN2CCC(CO)CC2)c1. The van der Waals surface area contributed by atoms with Crippen LogP contribution in [0, 0.1) is 11.8 Å². The van der Waals surface area contributed by atoms with Crippen molar-refractivity contribution >= 4 is 29.2 Å². The van der Waals surface area contributed by atoms with Crippen molar-refractivity contribution in [2.75, 3.05) is 26.3 Å². The van der Waals surface area contributed by atoms with Gasteiger partial charge in [-0.25, -0.2) is 4.79 Å². The second-order valence-corrected chi connectivity index (χ2v) is 11.9. The number of hydrogen-bond donors (Lipinski definition) is 1. The first kappa shape index (κ1) is 31.4. The number of aliphatic hydroxyl groups is 1. The maximum atomic E-state index is 13.5. The lowest BCUT2D eigenvalue weighted by Gasteiger charge is -2.31. The number of benzene rings is 2. The van der Waals surface area contributed by atoms with Gasteiger partial charge in [-0.3, -0.25) is 9.88 Å². The van der Waals surface area contributed by atoms with Crippen LogP contribution in [0.3, 0.4) is 0 Å². The normalized spacial score (nSPS) is 16.7. The van der Waals surface area contributed by atoms with E-state index in [2.05, 4.69) is 9.88 Å². The van der Waals surface area contributed by atoms with Crippen molar-refractivity contribution in [1.82, 2.24) is 9.88 Å². The number of aliphatic hydroxyl groups excluding tert-OH is 1. The molecule has 0 amide bonds. The predicted molar refractivity (Wildman–Crippen MR) is 159 cm³/mol. The number of ether oxygens (including phenoxy) is 3. The zero-order valence-electron chi connectivity index (χ0n) is 23.6.